The average molecular weight is 221 g/mol. The zero-order valence-electron chi connectivity index (χ0n) is 11.0. The molecular formula is C15H27N. The summed E-state index contributed by atoms with van der Waals surface area (Å²) in [6.07, 6.45) is 12.2. The van der Waals surface area contributed by atoms with E-state index in [0.29, 0.717) is 0 Å². The molecule has 0 spiro atoms. The Morgan fingerprint density at radius 3 is 1.94 bits per heavy atom. The second-order valence-corrected chi connectivity index (χ2v) is 7.02. The Balaban J connectivity index is 1.73. The van der Waals surface area contributed by atoms with Crippen molar-refractivity contribution < 1.29 is 0 Å². The van der Waals surface area contributed by atoms with Crippen LogP contribution >= 0.6 is 0 Å². The predicted octanol–water partition coefficient (Wildman–Crippen LogP) is 3.59. The van der Waals surface area contributed by atoms with Gasteiger partial charge < -0.3 is 5.32 Å². The number of hydrogen-bond donors (Lipinski definition) is 1. The van der Waals surface area contributed by atoms with E-state index in [-0.39, 0.29) is 0 Å². The lowest BCUT2D eigenvalue weighted by molar-refractivity contribution is -0.0618. The summed E-state index contributed by atoms with van der Waals surface area (Å²) in [5.41, 5.74) is 0.762. The fraction of sp³-hybridized carbons (Fsp3) is 1.00. The molecule has 0 aromatic heterocycles. The molecule has 4 rings (SSSR count). The van der Waals surface area contributed by atoms with Gasteiger partial charge in [0.05, 0.1) is 0 Å². The highest BCUT2D eigenvalue weighted by atomic mass is 14.9. The van der Waals surface area contributed by atoms with Gasteiger partial charge in [-0.15, -0.1) is 0 Å². The molecule has 1 nitrogen and oxygen atoms in total. The molecule has 4 aliphatic rings. The second kappa shape index (κ2) is 4.01. The third kappa shape index (κ3) is 1.81. The van der Waals surface area contributed by atoms with Gasteiger partial charge in [0.2, 0.25) is 0 Å². The number of rotatable bonds is 4. The van der Waals surface area contributed by atoms with Gasteiger partial charge in [-0.2, -0.15) is 0 Å². The fourth-order valence-corrected chi connectivity index (χ4v) is 5.51. The van der Waals surface area contributed by atoms with Gasteiger partial charge in [-0.05, 0) is 81.6 Å². The SMILES string of the molecule is CCC(CC12CC3CC(CC(C3)C1)C2)NC. The fourth-order valence-electron chi connectivity index (χ4n) is 5.51. The quantitative estimate of drug-likeness (QED) is 0.765. The van der Waals surface area contributed by atoms with Crippen molar-refractivity contribution in [1.29, 1.82) is 0 Å². The van der Waals surface area contributed by atoms with Crippen LogP contribution in [0.25, 0.3) is 0 Å². The molecule has 16 heavy (non-hydrogen) atoms. The zero-order chi connectivity index (χ0) is 11.2. The molecule has 4 bridgehead atoms. The van der Waals surface area contributed by atoms with E-state index in [0.717, 1.165) is 29.2 Å². The van der Waals surface area contributed by atoms with E-state index in [1.807, 2.05) is 0 Å². The highest BCUT2D eigenvalue weighted by Crippen LogP contribution is 2.61. The maximum Gasteiger partial charge on any atom is 0.00667 e. The van der Waals surface area contributed by atoms with Crippen molar-refractivity contribution in [3.8, 4) is 0 Å². The zero-order valence-corrected chi connectivity index (χ0v) is 11.0. The lowest BCUT2D eigenvalue weighted by atomic mass is 9.48. The molecule has 1 atom stereocenters. The van der Waals surface area contributed by atoms with Gasteiger partial charge in [-0.25, -0.2) is 0 Å². The van der Waals surface area contributed by atoms with Crippen molar-refractivity contribution in [2.75, 3.05) is 7.05 Å². The molecule has 0 aromatic rings. The molecule has 0 amide bonds. The Morgan fingerprint density at radius 2 is 1.56 bits per heavy atom. The Bertz CT molecular complexity index is 219. The maximum atomic E-state index is 3.53. The molecular weight excluding hydrogens is 194 g/mol. The third-order valence-electron chi connectivity index (χ3n) is 5.75. The highest BCUT2D eigenvalue weighted by molar-refractivity contribution is 5.02. The average Bonchev–Trinajstić information content (AvgIpc) is 2.24. The van der Waals surface area contributed by atoms with E-state index in [4.69, 9.17) is 0 Å². The van der Waals surface area contributed by atoms with Crippen LogP contribution in [0.15, 0.2) is 0 Å². The van der Waals surface area contributed by atoms with Crippen LogP contribution in [0, 0.1) is 23.2 Å². The van der Waals surface area contributed by atoms with Crippen LogP contribution in [0.5, 0.6) is 0 Å². The molecule has 4 aliphatic carbocycles. The normalized spacial score (nSPS) is 47.2. The lowest BCUT2D eigenvalue weighted by Gasteiger charge is -2.57. The van der Waals surface area contributed by atoms with Crippen LogP contribution in [0.4, 0.5) is 0 Å². The minimum atomic E-state index is 0.762. The maximum absolute atomic E-state index is 3.53. The van der Waals surface area contributed by atoms with E-state index in [1.165, 1.54) is 12.8 Å². The molecule has 0 aromatic carbocycles. The summed E-state index contributed by atoms with van der Waals surface area (Å²) in [4.78, 5) is 0. The van der Waals surface area contributed by atoms with E-state index >= 15 is 0 Å². The summed E-state index contributed by atoms with van der Waals surface area (Å²) in [6.45, 7) is 2.33. The molecule has 4 fully saturated rings. The third-order valence-corrected chi connectivity index (χ3v) is 5.75. The van der Waals surface area contributed by atoms with Crippen molar-refractivity contribution in [1.82, 2.24) is 5.32 Å². The van der Waals surface area contributed by atoms with E-state index < -0.39 is 0 Å². The van der Waals surface area contributed by atoms with Crippen LogP contribution in [0.1, 0.15) is 58.3 Å². The first-order chi connectivity index (χ1) is 7.73. The van der Waals surface area contributed by atoms with Crippen LogP contribution in [-0.2, 0) is 0 Å². The summed E-state index contributed by atoms with van der Waals surface area (Å²) in [6, 6.07) is 0.774. The first-order valence-corrected chi connectivity index (χ1v) is 7.40. The molecule has 0 aliphatic heterocycles. The van der Waals surface area contributed by atoms with Gasteiger partial charge in [0, 0.05) is 6.04 Å². The van der Waals surface area contributed by atoms with Crippen LogP contribution in [-0.4, -0.2) is 13.1 Å². The topological polar surface area (TPSA) is 12.0 Å². The largest absolute Gasteiger partial charge is 0.317 e. The monoisotopic (exact) mass is 221 g/mol. The van der Waals surface area contributed by atoms with Gasteiger partial charge in [0.25, 0.3) is 0 Å². The second-order valence-electron chi connectivity index (χ2n) is 7.02. The molecule has 92 valence electrons. The highest BCUT2D eigenvalue weighted by Gasteiger charge is 2.50. The minimum absolute atomic E-state index is 0.762. The predicted molar refractivity (Wildman–Crippen MR) is 68.4 cm³/mol. The standard InChI is InChI=1S/C15H27N/c1-3-14(16-2)10-15-7-11-4-12(8-15)6-13(5-11)9-15/h11-14,16H,3-10H2,1-2H3. The van der Waals surface area contributed by atoms with Crippen molar-refractivity contribution in [2.24, 2.45) is 23.2 Å². The van der Waals surface area contributed by atoms with E-state index in [2.05, 4.69) is 19.3 Å². The Morgan fingerprint density at radius 1 is 1.06 bits per heavy atom. The summed E-state index contributed by atoms with van der Waals surface area (Å²) < 4.78 is 0. The number of hydrogen-bond acceptors (Lipinski definition) is 1. The van der Waals surface area contributed by atoms with Gasteiger partial charge in [0.1, 0.15) is 0 Å². The van der Waals surface area contributed by atoms with Gasteiger partial charge in [-0.3, -0.25) is 0 Å². The van der Waals surface area contributed by atoms with Crippen molar-refractivity contribution in [3.63, 3.8) is 0 Å². The minimum Gasteiger partial charge on any atom is -0.317 e. The number of nitrogens with one attached hydrogen (secondary N) is 1. The summed E-state index contributed by atoms with van der Waals surface area (Å²) in [5.74, 6) is 3.34. The van der Waals surface area contributed by atoms with Crippen LogP contribution in [0.3, 0.4) is 0 Å². The van der Waals surface area contributed by atoms with Crippen molar-refractivity contribution in [2.45, 2.75) is 64.3 Å². The first kappa shape index (κ1) is 11.1. The Kier molecular flexibility index (Phi) is 2.78. The van der Waals surface area contributed by atoms with Gasteiger partial charge in [-0.1, -0.05) is 6.92 Å². The first-order valence-electron chi connectivity index (χ1n) is 7.40. The van der Waals surface area contributed by atoms with Crippen molar-refractivity contribution in [3.05, 3.63) is 0 Å². The smallest absolute Gasteiger partial charge is 0.00667 e. The van der Waals surface area contributed by atoms with Gasteiger partial charge in [0.15, 0.2) is 0 Å². The molecule has 1 heteroatoms. The Hall–Kier alpha value is -0.0400. The summed E-state index contributed by atoms with van der Waals surface area (Å²) in [5, 5.41) is 3.53. The molecule has 1 unspecified atom stereocenters. The summed E-state index contributed by atoms with van der Waals surface area (Å²) >= 11 is 0. The molecule has 0 heterocycles. The Labute approximate surface area is 100 Å². The molecule has 4 saturated carbocycles. The molecule has 0 radical (unpaired) electrons. The van der Waals surface area contributed by atoms with Crippen LogP contribution in [0.2, 0.25) is 0 Å². The van der Waals surface area contributed by atoms with Crippen molar-refractivity contribution >= 4 is 0 Å². The lowest BCUT2D eigenvalue weighted by Crippen LogP contribution is -2.48. The molecule has 0 saturated heterocycles. The summed E-state index contributed by atoms with van der Waals surface area (Å²) in [7, 11) is 2.15. The van der Waals surface area contributed by atoms with E-state index in [9.17, 15) is 0 Å². The van der Waals surface area contributed by atoms with E-state index in [1.54, 1.807) is 38.5 Å². The molecule has 1 N–H and O–H groups in total. The van der Waals surface area contributed by atoms with Gasteiger partial charge >= 0.3 is 0 Å². The van der Waals surface area contributed by atoms with Crippen LogP contribution < -0.4 is 5.32 Å².